The maximum absolute atomic E-state index is 5.15. The summed E-state index contributed by atoms with van der Waals surface area (Å²) in [7, 11) is 0. The second-order valence-electron chi connectivity index (χ2n) is 4.32. The maximum atomic E-state index is 5.15. The van der Waals surface area contributed by atoms with Crippen molar-refractivity contribution in [2.45, 2.75) is 19.3 Å². The Balaban J connectivity index is 1.68. The minimum atomic E-state index is 0.428. The van der Waals surface area contributed by atoms with Crippen LogP contribution in [0.1, 0.15) is 18.7 Å². The van der Waals surface area contributed by atoms with Gasteiger partial charge in [0.2, 0.25) is 0 Å². The van der Waals surface area contributed by atoms with Gasteiger partial charge in [0, 0.05) is 12.5 Å². The fraction of sp³-hybridized carbons (Fsp3) is 0.545. The van der Waals surface area contributed by atoms with Crippen molar-refractivity contribution in [1.82, 2.24) is 20.6 Å². The molecule has 0 radical (unpaired) electrons. The second kappa shape index (κ2) is 4.67. The largest absolute Gasteiger partial charge is 0.364 e. The Kier molecular flexibility index (Phi) is 2.87. The summed E-state index contributed by atoms with van der Waals surface area (Å²) >= 11 is 0. The van der Waals surface area contributed by atoms with E-state index < -0.39 is 0 Å². The molecule has 1 aliphatic heterocycles. The van der Waals surface area contributed by atoms with E-state index >= 15 is 0 Å². The fourth-order valence-electron chi connectivity index (χ4n) is 2.12. The first-order valence-electron chi connectivity index (χ1n) is 5.86. The lowest BCUT2D eigenvalue weighted by molar-refractivity contribution is 0.359. The van der Waals surface area contributed by atoms with E-state index in [0.29, 0.717) is 17.5 Å². The lowest BCUT2D eigenvalue weighted by Gasteiger charge is -2.20. The van der Waals surface area contributed by atoms with Crippen LogP contribution in [0, 0.1) is 5.92 Å². The van der Waals surface area contributed by atoms with Crippen molar-refractivity contribution in [1.29, 1.82) is 0 Å². The highest BCUT2D eigenvalue weighted by Crippen LogP contribution is 2.18. The van der Waals surface area contributed by atoms with Gasteiger partial charge in [0.25, 0.3) is 5.89 Å². The highest BCUT2D eigenvalue weighted by atomic mass is 16.5. The number of piperidine rings is 1. The van der Waals surface area contributed by atoms with Crippen molar-refractivity contribution in [3.05, 3.63) is 18.2 Å². The first kappa shape index (κ1) is 10.5. The van der Waals surface area contributed by atoms with Gasteiger partial charge in [0.1, 0.15) is 6.26 Å². The summed E-state index contributed by atoms with van der Waals surface area (Å²) in [4.78, 5) is 4.32. The van der Waals surface area contributed by atoms with Gasteiger partial charge in [0.15, 0.2) is 11.5 Å². The van der Waals surface area contributed by atoms with E-state index in [0.717, 1.165) is 25.3 Å². The van der Waals surface area contributed by atoms with E-state index in [9.17, 15) is 0 Å². The molecule has 2 aromatic rings. The number of nitrogens with one attached hydrogen (secondary N) is 1. The summed E-state index contributed by atoms with van der Waals surface area (Å²) in [5.41, 5.74) is 0.588. The molecule has 0 bridgehead atoms. The van der Waals surface area contributed by atoms with Crippen molar-refractivity contribution >= 4 is 0 Å². The summed E-state index contributed by atoms with van der Waals surface area (Å²) in [6.45, 7) is 2.15. The summed E-state index contributed by atoms with van der Waals surface area (Å²) < 4.78 is 9.89. The van der Waals surface area contributed by atoms with Crippen LogP contribution in [0.2, 0.25) is 0 Å². The average molecular weight is 234 g/mol. The molecule has 0 spiro atoms. The molecule has 90 valence electrons. The maximum Gasteiger partial charge on any atom is 0.280 e. The van der Waals surface area contributed by atoms with Crippen LogP contribution in [-0.4, -0.2) is 28.4 Å². The van der Waals surface area contributed by atoms with Crippen LogP contribution < -0.4 is 5.32 Å². The third kappa shape index (κ3) is 2.36. The Bertz CT molecular complexity index is 460. The Morgan fingerprint density at radius 1 is 1.41 bits per heavy atom. The monoisotopic (exact) mass is 234 g/mol. The van der Waals surface area contributed by atoms with Gasteiger partial charge in [-0.25, -0.2) is 0 Å². The van der Waals surface area contributed by atoms with Crippen LogP contribution in [-0.2, 0) is 6.42 Å². The molecular weight excluding hydrogens is 220 g/mol. The van der Waals surface area contributed by atoms with Crippen molar-refractivity contribution in [2.75, 3.05) is 13.1 Å². The Morgan fingerprint density at radius 2 is 2.41 bits per heavy atom. The molecule has 1 N–H and O–H groups in total. The van der Waals surface area contributed by atoms with Gasteiger partial charge in [-0.15, -0.1) is 0 Å². The van der Waals surface area contributed by atoms with Gasteiger partial charge in [-0.05, 0) is 31.8 Å². The molecule has 3 heterocycles. The summed E-state index contributed by atoms with van der Waals surface area (Å²) in [5.74, 6) is 1.78. The molecular formula is C11H14N4O2. The third-order valence-electron chi connectivity index (χ3n) is 3.00. The van der Waals surface area contributed by atoms with Crippen LogP contribution in [0.25, 0.3) is 11.6 Å². The molecule has 1 saturated heterocycles. The highest BCUT2D eigenvalue weighted by Gasteiger charge is 2.18. The second-order valence-corrected chi connectivity index (χ2v) is 4.32. The van der Waals surface area contributed by atoms with Gasteiger partial charge in [-0.2, -0.15) is 4.98 Å². The minimum Gasteiger partial charge on any atom is -0.364 e. The van der Waals surface area contributed by atoms with Crippen LogP contribution in [0.5, 0.6) is 0 Å². The molecule has 1 aliphatic rings. The number of hydrogen-bond donors (Lipinski definition) is 1. The minimum absolute atomic E-state index is 0.428. The highest BCUT2D eigenvalue weighted by molar-refractivity contribution is 5.43. The zero-order chi connectivity index (χ0) is 11.5. The summed E-state index contributed by atoms with van der Waals surface area (Å²) in [6, 6.07) is 1.71. The SMILES string of the molecule is c1cc(-c2nc(CC3CCCNC3)no2)no1. The lowest BCUT2D eigenvalue weighted by atomic mass is 9.96. The molecule has 6 nitrogen and oxygen atoms in total. The van der Waals surface area contributed by atoms with Crippen LogP contribution in [0.4, 0.5) is 0 Å². The normalized spacial score (nSPS) is 20.6. The first-order chi connectivity index (χ1) is 8.42. The van der Waals surface area contributed by atoms with E-state index in [-0.39, 0.29) is 0 Å². The number of aromatic nitrogens is 3. The summed E-state index contributed by atoms with van der Waals surface area (Å²) in [6.07, 6.45) is 4.79. The molecule has 2 aromatic heterocycles. The number of rotatable bonds is 3. The number of nitrogens with zero attached hydrogens (tertiary/aromatic N) is 3. The van der Waals surface area contributed by atoms with E-state index in [1.54, 1.807) is 6.07 Å². The zero-order valence-corrected chi connectivity index (χ0v) is 9.43. The molecule has 0 saturated carbocycles. The van der Waals surface area contributed by atoms with Gasteiger partial charge < -0.3 is 14.4 Å². The van der Waals surface area contributed by atoms with Crippen molar-refractivity contribution in [3.8, 4) is 11.6 Å². The fourth-order valence-corrected chi connectivity index (χ4v) is 2.12. The van der Waals surface area contributed by atoms with E-state index in [2.05, 4.69) is 20.6 Å². The molecule has 0 aromatic carbocycles. The summed E-state index contributed by atoms with van der Waals surface area (Å²) in [5, 5.41) is 11.1. The smallest absolute Gasteiger partial charge is 0.280 e. The molecule has 0 aliphatic carbocycles. The zero-order valence-electron chi connectivity index (χ0n) is 9.43. The van der Waals surface area contributed by atoms with E-state index in [1.165, 1.54) is 19.1 Å². The average Bonchev–Trinajstić information content (AvgIpc) is 3.00. The Morgan fingerprint density at radius 3 is 3.18 bits per heavy atom. The van der Waals surface area contributed by atoms with Crippen molar-refractivity contribution < 1.29 is 9.05 Å². The van der Waals surface area contributed by atoms with E-state index in [4.69, 9.17) is 9.05 Å². The van der Waals surface area contributed by atoms with Crippen LogP contribution in [0.15, 0.2) is 21.4 Å². The third-order valence-corrected chi connectivity index (χ3v) is 3.00. The van der Waals surface area contributed by atoms with Gasteiger partial charge >= 0.3 is 0 Å². The van der Waals surface area contributed by atoms with Gasteiger partial charge in [-0.1, -0.05) is 10.3 Å². The predicted molar refractivity (Wildman–Crippen MR) is 59.1 cm³/mol. The van der Waals surface area contributed by atoms with Gasteiger partial charge in [-0.3, -0.25) is 0 Å². The Labute approximate surface area is 98.4 Å². The van der Waals surface area contributed by atoms with Gasteiger partial charge in [0.05, 0.1) is 0 Å². The molecule has 1 fully saturated rings. The lowest BCUT2D eigenvalue weighted by Crippen LogP contribution is -2.31. The molecule has 1 unspecified atom stereocenters. The molecule has 0 amide bonds. The molecule has 1 atom stereocenters. The van der Waals surface area contributed by atoms with Crippen LogP contribution in [0.3, 0.4) is 0 Å². The topological polar surface area (TPSA) is 77.0 Å². The standard InChI is InChI=1S/C11H14N4O2/c1-2-8(7-12-4-1)6-10-13-11(17-15-10)9-3-5-16-14-9/h3,5,8,12H,1-2,4,6-7H2. The number of hydrogen-bond acceptors (Lipinski definition) is 6. The molecule has 6 heteroatoms. The quantitative estimate of drug-likeness (QED) is 0.861. The Hall–Kier alpha value is -1.69. The molecule has 3 rings (SSSR count). The van der Waals surface area contributed by atoms with Crippen molar-refractivity contribution in [2.24, 2.45) is 5.92 Å². The van der Waals surface area contributed by atoms with E-state index in [1.807, 2.05) is 0 Å². The molecule has 17 heavy (non-hydrogen) atoms. The van der Waals surface area contributed by atoms with Crippen molar-refractivity contribution in [3.63, 3.8) is 0 Å². The first-order valence-corrected chi connectivity index (χ1v) is 5.86. The van der Waals surface area contributed by atoms with Crippen LogP contribution >= 0.6 is 0 Å². The predicted octanol–water partition coefficient (Wildman–Crippen LogP) is 1.27.